The average molecular weight is 313 g/mol. The predicted octanol–water partition coefficient (Wildman–Crippen LogP) is 1.46. The van der Waals surface area contributed by atoms with Gasteiger partial charge in [0.25, 0.3) is 0 Å². The fourth-order valence-corrected chi connectivity index (χ4v) is 2.27. The summed E-state index contributed by atoms with van der Waals surface area (Å²) < 4.78 is 0. The molecule has 1 aromatic heterocycles. The second-order valence-electron chi connectivity index (χ2n) is 4.51. The smallest absolute Gasteiger partial charge is 0.321 e. The van der Waals surface area contributed by atoms with Crippen LogP contribution in [0.4, 0.5) is 4.79 Å². The van der Waals surface area contributed by atoms with Gasteiger partial charge in [0.05, 0.1) is 10.7 Å². The summed E-state index contributed by atoms with van der Waals surface area (Å²) in [6.45, 7) is 2.32. The van der Waals surface area contributed by atoms with E-state index in [1.54, 1.807) is 11.3 Å². The third-order valence-electron chi connectivity index (χ3n) is 2.63. The lowest BCUT2D eigenvalue weighted by atomic mass is 10.2. The van der Waals surface area contributed by atoms with E-state index in [-0.39, 0.29) is 12.8 Å². The van der Waals surface area contributed by atoms with Gasteiger partial charge < -0.3 is 10.4 Å². The summed E-state index contributed by atoms with van der Waals surface area (Å²) in [5.41, 5.74) is 0.915. The summed E-state index contributed by atoms with van der Waals surface area (Å²) >= 11 is 1.55. The molecule has 0 atom stereocenters. The molecular formula is C13H19N3O4S. The van der Waals surface area contributed by atoms with Gasteiger partial charge in [-0.2, -0.15) is 0 Å². The molecule has 0 fully saturated rings. The van der Waals surface area contributed by atoms with Crippen LogP contribution >= 0.6 is 11.3 Å². The highest BCUT2D eigenvalue weighted by Crippen LogP contribution is 2.07. The van der Waals surface area contributed by atoms with Gasteiger partial charge in [0.1, 0.15) is 0 Å². The molecule has 1 rings (SSSR count). The molecule has 0 aliphatic heterocycles. The molecule has 7 nitrogen and oxygen atoms in total. The van der Waals surface area contributed by atoms with Crippen LogP contribution in [0.25, 0.3) is 0 Å². The molecule has 3 amide bonds. The summed E-state index contributed by atoms with van der Waals surface area (Å²) in [5, 5.41) is 16.1. The Kier molecular flexibility index (Phi) is 7.38. The standard InChI is InChI=1S/C13H19N3O4S/c1-9-15-10(8-21-9)6-7-14-13(20)16-11(17)4-2-3-5-12(18)19/h8H,2-7H2,1H3,(H,18,19)(H2,14,16,17,20). The fourth-order valence-electron chi connectivity index (χ4n) is 1.62. The van der Waals surface area contributed by atoms with Crippen LogP contribution in [-0.2, 0) is 16.0 Å². The molecular weight excluding hydrogens is 294 g/mol. The molecule has 0 bridgehead atoms. The number of nitrogens with zero attached hydrogens (tertiary/aromatic N) is 1. The number of carboxylic acids is 1. The Morgan fingerprint density at radius 1 is 1.29 bits per heavy atom. The number of unbranched alkanes of at least 4 members (excludes halogenated alkanes) is 1. The molecule has 0 saturated carbocycles. The Balaban J connectivity index is 2.09. The SMILES string of the molecule is Cc1nc(CCNC(=O)NC(=O)CCCCC(=O)O)cs1. The molecule has 21 heavy (non-hydrogen) atoms. The summed E-state index contributed by atoms with van der Waals surface area (Å²) in [5.74, 6) is -1.28. The van der Waals surface area contributed by atoms with E-state index in [9.17, 15) is 14.4 Å². The normalized spacial score (nSPS) is 10.1. The Bertz CT molecular complexity index is 501. The minimum Gasteiger partial charge on any atom is -0.481 e. The second-order valence-corrected chi connectivity index (χ2v) is 5.58. The maximum absolute atomic E-state index is 11.4. The molecule has 3 N–H and O–H groups in total. The van der Waals surface area contributed by atoms with E-state index in [1.165, 1.54) is 0 Å². The molecule has 0 spiro atoms. The van der Waals surface area contributed by atoms with Crippen molar-refractivity contribution in [2.75, 3.05) is 6.54 Å². The van der Waals surface area contributed by atoms with Gasteiger partial charge in [0, 0.05) is 31.2 Å². The van der Waals surface area contributed by atoms with Gasteiger partial charge in [0.2, 0.25) is 5.91 Å². The number of imide groups is 1. The number of carbonyl (C=O) groups excluding carboxylic acids is 2. The largest absolute Gasteiger partial charge is 0.481 e. The van der Waals surface area contributed by atoms with Crippen molar-refractivity contribution in [2.24, 2.45) is 0 Å². The number of rotatable bonds is 8. The first-order valence-corrected chi connectivity index (χ1v) is 7.56. The molecule has 0 aliphatic rings. The van der Waals surface area contributed by atoms with Crippen LogP contribution in [0.15, 0.2) is 5.38 Å². The highest BCUT2D eigenvalue weighted by Gasteiger charge is 2.08. The van der Waals surface area contributed by atoms with Gasteiger partial charge in [0.15, 0.2) is 0 Å². The number of hydrogen-bond donors (Lipinski definition) is 3. The number of aliphatic carboxylic acids is 1. The van der Waals surface area contributed by atoms with Gasteiger partial charge in [-0.3, -0.25) is 14.9 Å². The third kappa shape index (κ3) is 8.03. The molecule has 116 valence electrons. The molecule has 0 unspecified atom stereocenters. The second kappa shape index (κ2) is 9.06. The number of aromatic nitrogens is 1. The molecule has 8 heteroatoms. The summed E-state index contributed by atoms with van der Waals surface area (Å²) in [4.78, 5) is 37.4. The number of amides is 3. The van der Waals surface area contributed by atoms with E-state index in [1.807, 2.05) is 12.3 Å². The first kappa shape index (κ1) is 17.1. The van der Waals surface area contributed by atoms with Gasteiger partial charge in [-0.05, 0) is 19.8 Å². The summed E-state index contributed by atoms with van der Waals surface area (Å²) in [6, 6.07) is -0.537. The van der Waals surface area contributed by atoms with E-state index in [0.29, 0.717) is 25.8 Å². The van der Waals surface area contributed by atoms with E-state index >= 15 is 0 Å². The highest BCUT2D eigenvalue weighted by molar-refractivity contribution is 7.09. The monoisotopic (exact) mass is 313 g/mol. The molecule has 1 aromatic rings. The lowest BCUT2D eigenvalue weighted by Crippen LogP contribution is -2.40. The average Bonchev–Trinajstić information content (AvgIpc) is 2.80. The number of aryl methyl sites for hydroxylation is 1. The van der Waals surface area contributed by atoms with Crippen molar-refractivity contribution in [2.45, 2.75) is 39.0 Å². The molecule has 0 saturated heterocycles. The number of urea groups is 1. The minimum atomic E-state index is -0.884. The topological polar surface area (TPSA) is 108 Å². The Morgan fingerprint density at radius 2 is 2.00 bits per heavy atom. The van der Waals surface area contributed by atoms with Crippen LogP contribution in [0.3, 0.4) is 0 Å². The van der Waals surface area contributed by atoms with Crippen molar-refractivity contribution in [3.8, 4) is 0 Å². The van der Waals surface area contributed by atoms with Gasteiger partial charge in [-0.25, -0.2) is 9.78 Å². The number of carbonyl (C=O) groups is 3. The van der Waals surface area contributed by atoms with Crippen molar-refractivity contribution in [3.05, 3.63) is 16.1 Å². The van der Waals surface area contributed by atoms with Crippen LogP contribution in [0.5, 0.6) is 0 Å². The zero-order valence-corrected chi connectivity index (χ0v) is 12.7. The van der Waals surface area contributed by atoms with E-state index in [0.717, 1.165) is 10.7 Å². The highest BCUT2D eigenvalue weighted by atomic mass is 32.1. The molecule has 0 aromatic carbocycles. The third-order valence-corrected chi connectivity index (χ3v) is 3.45. The number of hydrogen-bond acceptors (Lipinski definition) is 5. The first-order valence-electron chi connectivity index (χ1n) is 6.68. The van der Waals surface area contributed by atoms with Crippen molar-refractivity contribution in [3.63, 3.8) is 0 Å². The van der Waals surface area contributed by atoms with Gasteiger partial charge in [-0.1, -0.05) is 0 Å². The predicted molar refractivity (Wildman–Crippen MR) is 78.2 cm³/mol. The lowest BCUT2D eigenvalue weighted by molar-refractivity contribution is -0.137. The Hall–Kier alpha value is -1.96. The zero-order chi connectivity index (χ0) is 15.7. The summed E-state index contributed by atoms with van der Waals surface area (Å²) in [7, 11) is 0. The van der Waals surface area contributed by atoms with Crippen molar-refractivity contribution in [1.82, 2.24) is 15.6 Å². The van der Waals surface area contributed by atoms with E-state index in [2.05, 4.69) is 15.6 Å². The van der Waals surface area contributed by atoms with E-state index < -0.39 is 17.9 Å². The molecule has 0 aliphatic carbocycles. The van der Waals surface area contributed by atoms with Crippen LogP contribution in [0.1, 0.15) is 36.4 Å². The van der Waals surface area contributed by atoms with Gasteiger partial charge >= 0.3 is 12.0 Å². The maximum atomic E-state index is 11.4. The quantitative estimate of drug-likeness (QED) is 0.630. The molecule has 0 radical (unpaired) electrons. The van der Waals surface area contributed by atoms with Crippen LogP contribution < -0.4 is 10.6 Å². The van der Waals surface area contributed by atoms with Crippen molar-refractivity contribution in [1.29, 1.82) is 0 Å². The Labute approximate surface area is 126 Å². The number of carboxylic acid groups (broad SMARTS) is 1. The maximum Gasteiger partial charge on any atom is 0.321 e. The van der Waals surface area contributed by atoms with Crippen LogP contribution in [-0.4, -0.2) is 34.5 Å². The number of nitrogens with one attached hydrogen (secondary N) is 2. The minimum absolute atomic E-state index is 0.0343. The first-order chi connectivity index (χ1) is 9.97. The van der Waals surface area contributed by atoms with Gasteiger partial charge in [-0.15, -0.1) is 11.3 Å². The van der Waals surface area contributed by atoms with Crippen LogP contribution in [0.2, 0.25) is 0 Å². The Morgan fingerprint density at radius 3 is 2.62 bits per heavy atom. The van der Waals surface area contributed by atoms with Crippen molar-refractivity contribution < 1.29 is 19.5 Å². The molecule has 1 heterocycles. The summed E-state index contributed by atoms with van der Waals surface area (Å²) in [6.07, 6.45) is 1.67. The fraction of sp³-hybridized carbons (Fsp3) is 0.538. The van der Waals surface area contributed by atoms with E-state index in [4.69, 9.17) is 5.11 Å². The zero-order valence-electron chi connectivity index (χ0n) is 11.8. The van der Waals surface area contributed by atoms with Crippen molar-refractivity contribution >= 4 is 29.2 Å². The van der Waals surface area contributed by atoms with Crippen LogP contribution in [0, 0.1) is 6.92 Å². The lowest BCUT2D eigenvalue weighted by Gasteiger charge is -2.05. The number of thiazole rings is 1.